The number of benzene rings is 2. The van der Waals surface area contributed by atoms with Crippen molar-refractivity contribution in [2.24, 2.45) is 0 Å². The van der Waals surface area contributed by atoms with Crippen molar-refractivity contribution < 1.29 is 13.2 Å². The molecule has 0 spiro atoms. The van der Waals surface area contributed by atoms with Crippen molar-refractivity contribution in [2.45, 2.75) is 0 Å². The van der Waals surface area contributed by atoms with Crippen LogP contribution in [0, 0.1) is 17.5 Å². The average Bonchev–Trinajstić information content (AvgIpc) is 2.78. The highest BCUT2D eigenvalue weighted by molar-refractivity contribution is 5.82. The van der Waals surface area contributed by atoms with E-state index >= 15 is 0 Å². The van der Waals surface area contributed by atoms with Crippen LogP contribution in [0.25, 0.3) is 22.4 Å². The van der Waals surface area contributed by atoms with Crippen LogP contribution in [-0.4, -0.2) is 9.97 Å². The van der Waals surface area contributed by atoms with Crippen LogP contribution < -0.4 is 5.73 Å². The average molecular weight is 263 g/mol. The first-order chi connectivity index (χ1) is 9.04. The lowest BCUT2D eigenvalue weighted by molar-refractivity contribution is 0.447. The summed E-state index contributed by atoms with van der Waals surface area (Å²) in [7, 11) is 0. The Balaban J connectivity index is 2.19. The summed E-state index contributed by atoms with van der Waals surface area (Å²) in [5, 5.41) is 0. The molecule has 0 bridgehead atoms. The normalized spacial score (nSPS) is 11.1. The second-order valence-corrected chi connectivity index (χ2v) is 4.12. The zero-order valence-corrected chi connectivity index (χ0v) is 9.55. The van der Waals surface area contributed by atoms with Crippen LogP contribution >= 0.6 is 0 Å². The number of nitrogens with one attached hydrogen (secondary N) is 1. The Morgan fingerprint density at radius 2 is 1.68 bits per heavy atom. The molecule has 0 aliphatic carbocycles. The van der Waals surface area contributed by atoms with Crippen LogP contribution in [0.2, 0.25) is 0 Å². The van der Waals surface area contributed by atoms with Gasteiger partial charge in [0.2, 0.25) is 0 Å². The van der Waals surface area contributed by atoms with Gasteiger partial charge in [0, 0.05) is 11.3 Å². The van der Waals surface area contributed by atoms with Gasteiger partial charge in [0.1, 0.15) is 5.82 Å². The first-order valence-electron chi connectivity index (χ1n) is 5.45. The SMILES string of the molecule is Nc1ccc2nc(-c3cc(F)c(F)c(F)c3)[nH]c2c1. The number of imidazole rings is 1. The summed E-state index contributed by atoms with van der Waals surface area (Å²) in [5.41, 5.74) is 7.54. The van der Waals surface area contributed by atoms with Gasteiger partial charge in [-0.1, -0.05) is 0 Å². The molecule has 1 aromatic heterocycles. The highest BCUT2D eigenvalue weighted by atomic mass is 19.2. The Labute approximate surface area is 105 Å². The van der Waals surface area contributed by atoms with Crippen LogP contribution in [0.5, 0.6) is 0 Å². The molecule has 0 radical (unpaired) electrons. The van der Waals surface area contributed by atoms with E-state index in [1.807, 2.05) is 0 Å². The first kappa shape index (κ1) is 11.6. The summed E-state index contributed by atoms with van der Waals surface area (Å²) >= 11 is 0. The third kappa shape index (κ3) is 1.91. The van der Waals surface area contributed by atoms with E-state index in [4.69, 9.17) is 5.73 Å². The molecule has 0 amide bonds. The summed E-state index contributed by atoms with van der Waals surface area (Å²) in [6.45, 7) is 0. The molecule has 2 aromatic carbocycles. The van der Waals surface area contributed by atoms with E-state index in [9.17, 15) is 13.2 Å². The lowest BCUT2D eigenvalue weighted by Gasteiger charge is -1.99. The molecule has 0 unspecified atom stereocenters. The molecule has 0 aliphatic rings. The number of nitrogens with zero attached hydrogens (tertiary/aromatic N) is 1. The molecule has 0 saturated carbocycles. The maximum absolute atomic E-state index is 13.2. The molecule has 1 heterocycles. The van der Waals surface area contributed by atoms with Gasteiger partial charge in [-0.2, -0.15) is 0 Å². The number of aromatic amines is 1. The van der Waals surface area contributed by atoms with E-state index in [1.54, 1.807) is 18.2 Å². The topological polar surface area (TPSA) is 54.7 Å². The molecule has 19 heavy (non-hydrogen) atoms. The highest BCUT2D eigenvalue weighted by Crippen LogP contribution is 2.24. The number of hydrogen-bond acceptors (Lipinski definition) is 2. The number of H-pyrrole nitrogens is 1. The van der Waals surface area contributed by atoms with Gasteiger partial charge in [0.25, 0.3) is 0 Å². The number of halogens is 3. The monoisotopic (exact) mass is 263 g/mol. The third-order valence-corrected chi connectivity index (χ3v) is 2.76. The van der Waals surface area contributed by atoms with Gasteiger partial charge in [0.15, 0.2) is 17.5 Å². The summed E-state index contributed by atoms with van der Waals surface area (Å²) in [5.74, 6) is -3.76. The molecular formula is C13H8F3N3. The number of nitrogens with two attached hydrogens (primary N) is 1. The lowest BCUT2D eigenvalue weighted by atomic mass is 10.2. The zero-order valence-electron chi connectivity index (χ0n) is 9.55. The van der Waals surface area contributed by atoms with Crippen molar-refractivity contribution >= 4 is 16.7 Å². The van der Waals surface area contributed by atoms with Gasteiger partial charge in [-0.25, -0.2) is 18.2 Å². The van der Waals surface area contributed by atoms with E-state index in [0.717, 1.165) is 12.1 Å². The van der Waals surface area contributed by atoms with E-state index in [-0.39, 0.29) is 11.4 Å². The van der Waals surface area contributed by atoms with Gasteiger partial charge < -0.3 is 10.7 Å². The minimum Gasteiger partial charge on any atom is -0.399 e. The standard InChI is InChI=1S/C13H8F3N3/c14-8-3-6(4-9(15)12(8)16)13-18-10-2-1-7(17)5-11(10)19-13/h1-5H,17H2,(H,18,19). The van der Waals surface area contributed by atoms with Gasteiger partial charge in [-0.3, -0.25) is 0 Å². The second-order valence-electron chi connectivity index (χ2n) is 4.12. The number of anilines is 1. The fraction of sp³-hybridized carbons (Fsp3) is 0. The minimum absolute atomic E-state index is 0.131. The first-order valence-corrected chi connectivity index (χ1v) is 5.45. The minimum atomic E-state index is -1.50. The summed E-state index contributed by atoms with van der Waals surface area (Å²) in [4.78, 5) is 7.05. The van der Waals surface area contributed by atoms with Gasteiger partial charge in [0.05, 0.1) is 11.0 Å². The second kappa shape index (κ2) is 4.01. The van der Waals surface area contributed by atoms with Gasteiger partial charge in [-0.15, -0.1) is 0 Å². The number of aromatic nitrogens is 2. The quantitative estimate of drug-likeness (QED) is 0.523. The van der Waals surface area contributed by atoms with Crippen molar-refractivity contribution in [1.82, 2.24) is 9.97 Å². The Morgan fingerprint density at radius 1 is 1.00 bits per heavy atom. The van der Waals surface area contributed by atoms with E-state index in [1.165, 1.54) is 0 Å². The van der Waals surface area contributed by atoms with E-state index in [0.29, 0.717) is 16.7 Å². The fourth-order valence-electron chi connectivity index (χ4n) is 1.86. The Morgan fingerprint density at radius 3 is 2.37 bits per heavy atom. The predicted octanol–water partition coefficient (Wildman–Crippen LogP) is 3.23. The van der Waals surface area contributed by atoms with Crippen molar-refractivity contribution in [1.29, 1.82) is 0 Å². The van der Waals surface area contributed by atoms with E-state index < -0.39 is 17.5 Å². The molecule has 0 saturated heterocycles. The van der Waals surface area contributed by atoms with Crippen molar-refractivity contribution in [3.05, 3.63) is 47.8 Å². The van der Waals surface area contributed by atoms with E-state index in [2.05, 4.69) is 9.97 Å². The zero-order chi connectivity index (χ0) is 13.6. The third-order valence-electron chi connectivity index (χ3n) is 2.76. The van der Waals surface area contributed by atoms with Gasteiger partial charge in [-0.05, 0) is 30.3 Å². The van der Waals surface area contributed by atoms with Crippen LogP contribution in [-0.2, 0) is 0 Å². The van der Waals surface area contributed by atoms with Crippen LogP contribution in [0.4, 0.5) is 18.9 Å². The van der Waals surface area contributed by atoms with Crippen LogP contribution in [0.15, 0.2) is 30.3 Å². The molecule has 0 atom stereocenters. The maximum atomic E-state index is 13.2. The molecule has 96 valence electrons. The summed E-state index contributed by atoms with van der Waals surface area (Å²) in [6.07, 6.45) is 0. The smallest absolute Gasteiger partial charge is 0.194 e. The predicted molar refractivity (Wildman–Crippen MR) is 65.8 cm³/mol. The molecule has 3 nitrogen and oxygen atoms in total. The lowest BCUT2D eigenvalue weighted by Crippen LogP contribution is -1.92. The number of hydrogen-bond donors (Lipinski definition) is 2. The Bertz CT molecular complexity index is 757. The largest absolute Gasteiger partial charge is 0.399 e. The summed E-state index contributed by atoms with van der Waals surface area (Å²) in [6, 6.07) is 6.78. The summed E-state index contributed by atoms with van der Waals surface area (Å²) < 4.78 is 39.2. The molecule has 3 aromatic rings. The van der Waals surface area contributed by atoms with Crippen molar-refractivity contribution in [3.63, 3.8) is 0 Å². The molecule has 6 heteroatoms. The van der Waals surface area contributed by atoms with Gasteiger partial charge >= 0.3 is 0 Å². The number of fused-ring (bicyclic) bond motifs is 1. The van der Waals surface area contributed by atoms with Crippen LogP contribution in [0.1, 0.15) is 0 Å². The number of rotatable bonds is 1. The van der Waals surface area contributed by atoms with Crippen molar-refractivity contribution in [3.8, 4) is 11.4 Å². The van der Waals surface area contributed by atoms with Crippen molar-refractivity contribution in [2.75, 3.05) is 5.73 Å². The maximum Gasteiger partial charge on any atom is 0.194 e. The molecule has 3 rings (SSSR count). The molecule has 3 N–H and O–H groups in total. The Hall–Kier alpha value is -2.50. The molecule has 0 fully saturated rings. The Kier molecular flexibility index (Phi) is 2.45. The highest BCUT2D eigenvalue weighted by Gasteiger charge is 2.13. The molecular weight excluding hydrogens is 255 g/mol. The fourth-order valence-corrected chi connectivity index (χ4v) is 1.86. The van der Waals surface area contributed by atoms with Crippen LogP contribution in [0.3, 0.4) is 0 Å². The number of nitrogen functional groups attached to an aromatic ring is 1. The molecule has 0 aliphatic heterocycles.